The zero-order valence-corrected chi connectivity index (χ0v) is 19.8. The van der Waals surface area contributed by atoms with Crippen LogP contribution in [0.15, 0.2) is 78.9 Å². The van der Waals surface area contributed by atoms with Crippen molar-refractivity contribution in [2.75, 3.05) is 5.32 Å². The molecule has 0 bridgehead atoms. The SMILES string of the molecule is O=C(N[C@H](NC(=S)Nc1ccc(-c2ccccc2)cc1)C(Cl)(Cl)Cl)c1ccccc1Cl. The number of hydrogen-bond donors (Lipinski definition) is 3. The number of alkyl halides is 3. The average Bonchev–Trinajstić information content (AvgIpc) is 2.74. The Labute approximate surface area is 205 Å². The average molecular weight is 513 g/mol. The third kappa shape index (κ3) is 6.73. The fourth-order valence-electron chi connectivity index (χ4n) is 2.73. The summed E-state index contributed by atoms with van der Waals surface area (Å²) in [5, 5.41) is 8.89. The van der Waals surface area contributed by atoms with E-state index in [0.717, 1.165) is 16.8 Å². The number of nitrogens with one attached hydrogen (secondary N) is 3. The summed E-state index contributed by atoms with van der Waals surface area (Å²) in [5.74, 6) is -0.510. The van der Waals surface area contributed by atoms with Crippen LogP contribution in [0.5, 0.6) is 0 Å². The number of carbonyl (C=O) groups excluding carboxylic acids is 1. The van der Waals surface area contributed by atoms with E-state index in [1.807, 2.05) is 54.6 Å². The van der Waals surface area contributed by atoms with Crippen molar-refractivity contribution < 1.29 is 4.79 Å². The molecule has 160 valence electrons. The van der Waals surface area contributed by atoms with E-state index in [0.29, 0.717) is 0 Å². The Morgan fingerprint density at radius 1 is 0.806 bits per heavy atom. The van der Waals surface area contributed by atoms with Gasteiger partial charge in [0.05, 0.1) is 10.6 Å². The molecule has 1 amide bonds. The molecule has 0 spiro atoms. The second kappa shape index (κ2) is 10.5. The summed E-state index contributed by atoms with van der Waals surface area (Å²) in [6, 6.07) is 24.2. The van der Waals surface area contributed by atoms with Gasteiger partial charge in [-0.05, 0) is 47.6 Å². The van der Waals surface area contributed by atoms with Crippen LogP contribution in [0.4, 0.5) is 5.69 Å². The molecule has 0 aromatic heterocycles. The number of thiocarbonyl (C=S) groups is 1. The van der Waals surface area contributed by atoms with Crippen LogP contribution in [0, 0.1) is 0 Å². The van der Waals surface area contributed by atoms with E-state index in [-0.39, 0.29) is 15.7 Å². The van der Waals surface area contributed by atoms with Crippen LogP contribution in [0.25, 0.3) is 11.1 Å². The van der Waals surface area contributed by atoms with Crippen molar-refractivity contribution in [1.29, 1.82) is 0 Å². The number of hydrogen-bond acceptors (Lipinski definition) is 2. The third-order valence-electron chi connectivity index (χ3n) is 4.25. The molecule has 0 fully saturated rings. The maximum atomic E-state index is 12.6. The van der Waals surface area contributed by atoms with Gasteiger partial charge in [0, 0.05) is 5.69 Å². The van der Waals surface area contributed by atoms with Crippen molar-refractivity contribution in [3.05, 3.63) is 89.4 Å². The Morgan fingerprint density at radius 3 is 2.00 bits per heavy atom. The number of halogens is 4. The van der Waals surface area contributed by atoms with Crippen molar-refractivity contribution in [1.82, 2.24) is 10.6 Å². The van der Waals surface area contributed by atoms with Crippen molar-refractivity contribution in [2.45, 2.75) is 9.96 Å². The Morgan fingerprint density at radius 2 is 1.39 bits per heavy atom. The van der Waals surface area contributed by atoms with E-state index in [1.165, 1.54) is 0 Å². The smallest absolute Gasteiger partial charge is 0.254 e. The molecule has 0 radical (unpaired) electrons. The first kappa shape index (κ1) is 23.6. The van der Waals surface area contributed by atoms with Crippen molar-refractivity contribution in [3.63, 3.8) is 0 Å². The molecule has 3 aromatic rings. The second-order valence-electron chi connectivity index (χ2n) is 6.47. The van der Waals surface area contributed by atoms with Crippen molar-refractivity contribution in [2.24, 2.45) is 0 Å². The van der Waals surface area contributed by atoms with Crippen LogP contribution in [0.3, 0.4) is 0 Å². The van der Waals surface area contributed by atoms with Gasteiger partial charge in [0.15, 0.2) is 5.11 Å². The van der Waals surface area contributed by atoms with Crippen LogP contribution >= 0.6 is 58.6 Å². The van der Waals surface area contributed by atoms with Gasteiger partial charge in [-0.3, -0.25) is 4.79 Å². The number of rotatable bonds is 5. The third-order valence-corrected chi connectivity index (χ3v) is 5.45. The maximum absolute atomic E-state index is 12.6. The molecule has 3 N–H and O–H groups in total. The quantitative estimate of drug-likeness (QED) is 0.210. The molecule has 0 saturated carbocycles. The fraction of sp³-hybridized carbons (Fsp3) is 0.0909. The minimum absolute atomic E-state index is 0.170. The second-order valence-corrected chi connectivity index (χ2v) is 9.65. The van der Waals surface area contributed by atoms with Crippen molar-refractivity contribution >= 4 is 75.3 Å². The van der Waals surface area contributed by atoms with Gasteiger partial charge in [-0.15, -0.1) is 0 Å². The monoisotopic (exact) mass is 511 g/mol. The summed E-state index contributed by atoms with van der Waals surface area (Å²) in [6.45, 7) is 0. The molecule has 3 rings (SSSR count). The van der Waals surface area contributed by atoms with Gasteiger partial charge in [0.1, 0.15) is 6.17 Å². The highest BCUT2D eigenvalue weighted by atomic mass is 35.6. The zero-order chi connectivity index (χ0) is 22.4. The molecule has 31 heavy (non-hydrogen) atoms. The molecule has 0 heterocycles. The lowest BCUT2D eigenvalue weighted by Gasteiger charge is -2.28. The van der Waals surface area contributed by atoms with Crippen LogP contribution < -0.4 is 16.0 Å². The van der Waals surface area contributed by atoms with Gasteiger partial charge in [-0.25, -0.2) is 0 Å². The zero-order valence-electron chi connectivity index (χ0n) is 15.9. The van der Waals surface area contributed by atoms with E-state index in [2.05, 4.69) is 16.0 Å². The molecule has 0 aliphatic carbocycles. The summed E-state index contributed by atoms with van der Waals surface area (Å²) in [7, 11) is 0. The summed E-state index contributed by atoms with van der Waals surface area (Å²) < 4.78 is -1.88. The highest BCUT2D eigenvalue weighted by Crippen LogP contribution is 2.30. The highest BCUT2D eigenvalue weighted by Gasteiger charge is 2.35. The highest BCUT2D eigenvalue weighted by molar-refractivity contribution is 7.80. The van der Waals surface area contributed by atoms with Crippen LogP contribution in [0.1, 0.15) is 10.4 Å². The first-order chi connectivity index (χ1) is 14.7. The molecule has 0 unspecified atom stereocenters. The lowest BCUT2D eigenvalue weighted by atomic mass is 10.1. The minimum atomic E-state index is -1.88. The predicted octanol–water partition coefficient (Wildman–Crippen LogP) is 6.42. The molecular weight excluding hydrogens is 496 g/mol. The van der Waals surface area contributed by atoms with Gasteiger partial charge >= 0.3 is 0 Å². The molecule has 0 aliphatic heterocycles. The molecule has 0 aliphatic rings. The summed E-state index contributed by atoms with van der Waals surface area (Å²) in [4.78, 5) is 12.6. The lowest BCUT2D eigenvalue weighted by molar-refractivity contribution is 0.0934. The van der Waals surface area contributed by atoms with Crippen molar-refractivity contribution in [3.8, 4) is 11.1 Å². The molecule has 9 heteroatoms. The molecule has 1 atom stereocenters. The van der Waals surface area contributed by atoms with Crippen LogP contribution in [0.2, 0.25) is 5.02 Å². The molecular formula is C22H17Cl4N3OS. The van der Waals surface area contributed by atoms with Crippen LogP contribution in [-0.4, -0.2) is 21.0 Å². The van der Waals surface area contributed by atoms with E-state index in [1.54, 1.807) is 24.3 Å². The molecule has 0 saturated heterocycles. The van der Waals surface area contributed by atoms with Gasteiger partial charge in [0.2, 0.25) is 3.79 Å². The normalized spacial score (nSPS) is 12.0. The number of anilines is 1. The van der Waals surface area contributed by atoms with E-state index < -0.39 is 15.9 Å². The van der Waals surface area contributed by atoms with Gasteiger partial charge < -0.3 is 16.0 Å². The standard InChI is InChI=1S/C22H17Cl4N3OS/c23-18-9-5-4-8-17(18)19(30)28-20(22(24,25)26)29-21(31)27-16-12-10-15(11-13-16)14-6-2-1-3-7-14/h1-13,20H,(H,28,30)(H2,27,29,31)/t20-/m1/s1. The van der Waals surface area contributed by atoms with E-state index in [9.17, 15) is 4.79 Å². The molecule has 3 aromatic carbocycles. The lowest BCUT2D eigenvalue weighted by Crippen LogP contribution is -2.56. The Kier molecular flexibility index (Phi) is 8.03. The molecule has 4 nitrogen and oxygen atoms in total. The van der Waals surface area contributed by atoms with E-state index in [4.69, 9.17) is 58.6 Å². The first-order valence-corrected chi connectivity index (χ1v) is 11.0. The maximum Gasteiger partial charge on any atom is 0.254 e. The fourth-order valence-corrected chi connectivity index (χ4v) is 3.51. The number of carbonyl (C=O) groups is 1. The largest absolute Gasteiger partial charge is 0.339 e. The summed E-state index contributed by atoms with van der Waals surface area (Å²) in [5.41, 5.74) is 3.16. The summed E-state index contributed by atoms with van der Waals surface area (Å²) >= 11 is 29.5. The Balaban J connectivity index is 1.66. The summed E-state index contributed by atoms with van der Waals surface area (Å²) in [6.07, 6.45) is -1.11. The van der Waals surface area contributed by atoms with E-state index >= 15 is 0 Å². The number of amides is 1. The first-order valence-electron chi connectivity index (χ1n) is 9.09. The van der Waals surface area contributed by atoms with Gasteiger partial charge in [-0.1, -0.05) is 101 Å². The number of benzene rings is 3. The topological polar surface area (TPSA) is 53.2 Å². The van der Waals surface area contributed by atoms with Gasteiger partial charge in [0.25, 0.3) is 5.91 Å². The Bertz CT molecular complexity index is 1060. The van der Waals surface area contributed by atoms with Gasteiger partial charge in [-0.2, -0.15) is 0 Å². The Hall–Kier alpha value is -2.02. The van der Waals surface area contributed by atoms with Crippen LogP contribution in [-0.2, 0) is 0 Å². The minimum Gasteiger partial charge on any atom is -0.339 e. The predicted molar refractivity (Wildman–Crippen MR) is 134 cm³/mol.